The standard InChI is InChI=1S/C21H24F3N3O.ClH/c22-21(23,24)17-8-6-16(7-9-17)14-20(28)27(15-18-4-1-2-12-26-18)19-5-3-11-25-13-10-19;/h1-2,4,6-9,12,19,25H,3,5,10-11,13-15H2;1H. The van der Waals surface area contributed by atoms with Crippen LogP contribution in [0.3, 0.4) is 0 Å². The van der Waals surface area contributed by atoms with E-state index in [0.29, 0.717) is 12.1 Å². The van der Waals surface area contributed by atoms with E-state index in [9.17, 15) is 18.0 Å². The van der Waals surface area contributed by atoms with Crippen LogP contribution in [0.4, 0.5) is 13.2 Å². The summed E-state index contributed by atoms with van der Waals surface area (Å²) >= 11 is 0. The average molecular weight is 428 g/mol. The summed E-state index contributed by atoms with van der Waals surface area (Å²) in [6, 6.07) is 10.5. The van der Waals surface area contributed by atoms with Crippen molar-refractivity contribution < 1.29 is 18.0 Å². The Balaban J connectivity index is 0.00000300. The molecule has 0 bridgehead atoms. The smallest absolute Gasteiger partial charge is 0.333 e. The predicted molar refractivity (Wildman–Crippen MR) is 108 cm³/mol. The van der Waals surface area contributed by atoms with Gasteiger partial charge in [-0.3, -0.25) is 9.78 Å². The van der Waals surface area contributed by atoms with E-state index in [1.807, 2.05) is 23.1 Å². The summed E-state index contributed by atoms with van der Waals surface area (Å²) in [5.74, 6) is -0.0858. The second-order valence-corrected chi connectivity index (χ2v) is 7.05. The van der Waals surface area contributed by atoms with Gasteiger partial charge in [-0.2, -0.15) is 13.2 Å². The van der Waals surface area contributed by atoms with Crippen LogP contribution in [0.15, 0.2) is 48.7 Å². The number of halogens is 4. The summed E-state index contributed by atoms with van der Waals surface area (Å²) in [5, 5.41) is 3.34. The lowest BCUT2D eigenvalue weighted by molar-refractivity contribution is -0.137. The molecule has 1 unspecified atom stereocenters. The molecule has 1 N–H and O–H groups in total. The van der Waals surface area contributed by atoms with Crippen LogP contribution < -0.4 is 5.32 Å². The maximum Gasteiger partial charge on any atom is 0.416 e. The molecule has 1 saturated heterocycles. The number of carbonyl (C=O) groups is 1. The first-order valence-electron chi connectivity index (χ1n) is 9.50. The number of benzene rings is 1. The highest BCUT2D eigenvalue weighted by molar-refractivity contribution is 5.85. The SMILES string of the molecule is Cl.O=C(Cc1ccc(C(F)(F)F)cc1)N(Cc1ccccn1)C1CCCNCC1. The Morgan fingerprint density at radius 3 is 2.52 bits per heavy atom. The number of carbonyl (C=O) groups excluding carboxylic acids is 1. The van der Waals surface area contributed by atoms with Gasteiger partial charge in [-0.25, -0.2) is 0 Å². The van der Waals surface area contributed by atoms with Crippen molar-refractivity contribution in [3.8, 4) is 0 Å². The van der Waals surface area contributed by atoms with Crippen molar-refractivity contribution in [3.63, 3.8) is 0 Å². The molecule has 1 aromatic carbocycles. The number of rotatable bonds is 5. The van der Waals surface area contributed by atoms with Crippen molar-refractivity contribution >= 4 is 18.3 Å². The van der Waals surface area contributed by atoms with Gasteiger partial charge in [0, 0.05) is 12.2 Å². The van der Waals surface area contributed by atoms with Crippen LogP contribution in [-0.4, -0.2) is 34.9 Å². The maximum absolute atomic E-state index is 13.1. The molecule has 1 fully saturated rings. The quantitative estimate of drug-likeness (QED) is 0.776. The number of aromatic nitrogens is 1. The summed E-state index contributed by atoms with van der Waals surface area (Å²) in [6.45, 7) is 2.18. The third kappa shape index (κ3) is 6.72. The topological polar surface area (TPSA) is 45.2 Å². The molecule has 8 heteroatoms. The molecule has 0 saturated carbocycles. The molecule has 1 amide bonds. The number of hydrogen-bond acceptors (Lipinski definition) is 3. The van der Waals surface area contributed by atoms with Crippen LogP contribution in [0.25, 0.3) is 0 Å². The molecule has 4 nitrogen and oxygen atoms in total. The molecule has 2 aromatic rings. The van der Waals surface area contributed by atoms with Crippen LogP contribution in [0, 0.1) is 0 Å². The number of nitrogens with zero attached hydrogens (tertiary/aromatic N) is 2. The fraction of sp³-hybridized carbons (Fsp3) is 0.429. The Kier molecular flexibility index (Phi) is 8.46. The number of pyridine rings is 1. The van der Waals surface area contributed by atoms with E-state index in [2.05, 4.69) is 10.3 Å². The van der Waals surface area contributed by atoms with Crippen LogP contribution in [0.1, 0.15) is 36.1 Å². The van der Waals surface area contributed by atoms with Crippen molar-refractivity contribution in [3.05, 3.63) is 65.5 Å². The van der Waals surface area contributed by atoms with Gasteiger partial charge in [0.25, 0.3) is 0 Å². The molecule has 2 heterocycles. The molecule has 1 aliphatic heterocycles. The van der Waals surface area contributed by atoms with Crippen LogP contribution in [-0.2, 0) is 23.9 Å². The molecule has 158 valence electrons. The normalized spacial score (nSPS) is 17.1. The zero-order valence-electron chi connectivity index (χ0n) is 16.0. The second kappa shape index (κ2) is 10.6. The zero-order chi connectivity index (χ0) is 20.0. The van der Waals surface area contributed by atoms with Crippen LogP contribution >= 0.6 is 12.4 Å². The van der Waals surface area contributed by atoms with Gasteiger partial charge in [0.15, 0.2) is 0 Å². The Morgan fingerprint density at radius 1 is 1.10 bits per heavy atom. The lowest BCUT2D eigenvalue weighted by atomic mass is 10.0. The third-order valence-electron chi connectivity index (χ3n) is 5.00. The third-order valence-corrected chi connectivity index (χ3v) is 5.00. The van der Waals surface area contributed by atoms with E-state index in [-0.39, 0.29) is 30.8 Å². The van der Waals surface area contributed by atoms with Gasteiger partial charge in [0.2, 0.25) is 5.91 Å². The maximum atomic E-state index is 13.1. The summed E-state index contributed by atoms with van der Waals surface area (Å²) in [6.07, 6.45) is 0.138. The van der Waals surface area contributed by atoms with Crippen LogP contribution in [0.5, 0.6) is 0 Å². The van der Waals surface area contributed by atoms with E-state index in [4.69, 9.17) is 0 Å². The summed E-state index contributed by atoms with van der Waals surface area (Å²) in [5.41, 5.74) is 0.681. The van der Waals surface area contributed by atoms with E-state index in [0.717, 1.165) is 50.2 Å². The van der Waals surface area contributed by atoms with Crippen molar-refractivity contribution in [2.45, 2.75) is 44.4 Å². The van der Waals surface area contributed by atoms with Gasteiger partial charge in [0.05, 0.1) is 24.2 Å². The molecule has 1 aromatic heterocycles. The Hall–Kier alpha value is -2.12. The fourth-order valence-corrected chi connectivity index (χ4v) is 3.49. The highest BCUT2D eigenvalue weighted by atomic mass is 35.5. The molecular formula is C21H25ClF3N3O. The Morgan fingerprint density at radius 2 is 1.86 bits per heavy atom. The minimum Gasteiger partial charge on any atom is -0.333 e. The van der Waals surface area contributed by atoms with Crippen molar-refractivity contribution in [1.29, 1.82) is 0 Å². The minimum absolute atomic E-state index is 0. The van der Waals surface area contributed by atoms with Gasteiger partial charge in [0.1, 0.15) is 0 Å². The number of nitrogens with one attached hydrogen (secondary N) is 1. The van der Waals surface area contributed by atoms with Gasteiger partial charge in [-0.05, 0) is 62.2 Å². The van der Waals surface area contributed by atoms with E-state index in [1.165, 1.54) is 12.1 Å². The van der Waals surface area contributed by atoms with E-state index < -0.39 is 11.7 Å². The monoisotopic (exact) mass is 427 g/mol. The lowest BCUT2D eigenvalue weighted by Crippen LogP contribution is -2.41. The van der Waals surface area contributed by atoms with E-state index in [1.54, 1.807) is 6.20 Å². The predicted octanol–water partition coefficient (Wildman–Crippen LogP) is 4.24. The van der Waals surface area contributed by atoms with Crippen molar-refractivity contribution in [2.24, 2.45) is 0 Å². The molecule has 0 aliphatic carbocycles. The number of amides is 1. The lowest BCUT2D eigenvalue weighted by Gasteiger charge is -2.31. The first-order chi connectivity index (χ1) is 13.4. The van der Waals surface area contributed by atoms with Gasteiger partial charge in [-0.1, -0.05) is 18.2 Å². The minimum atomic E-state index is -4.37. The molecular weight excluding hydrogens is 403 g/mol. The molecule has 0 spiro atoms. The highest BCUT2D eigenvalue weighted by Gasteiger charge is 2.30. The summed E-state index contributed by atoms with van der Waals surface area (Å²) in [4.78, 5) is 19.2. The summed E-state index contributed by atoms with van der Waals surface area (Å²) < 4.78 is 38.2. The van der Waals surface area contributed by atoms with E-state index >= 15 is 0 Å². The first kappa shape index (κ1) is 23.2. The van der Waals surface area contributed by atoms with Gasteiger partial charge in [-0.15, -0.1) is 12.4 Å². The highest BCUT2D eigenvalue weighted by Crippen LogP contribution is 2.29. The van der Waals surface area contributed by atoms with Gasteiger partial charge < -0.3 is 10.2 Å². The molecule has 0 radical (unpaired) electrons. The fourth-order valence-electron chi connectivity index (χ4n) is 3.49. The van der Waals surface area contributed by atoms with Gasteiger partial charge >= 0.3 is 6.18 Å². The first-order valence-corrected chi connectivity index (χ1v) is 9.50. The molecule has 3 rings (SSSR count). The Labute approximate surface area is 174 Å². The van der Waals surface area contributed by atoms with Crippen molar-refractivity contribution in [2.75, 3.05) is 13.1 Å². The van der Waals surface area contributed by atoms with Crippen LogP contribution in [0.2, 0.25) is 0 Å². The molecule has 29 heavy (non-hydrogen) atoms. The zero-order valence-corrected chi connectivity index (χ0v) is 16.8. The average Bonchev–Trinajstić information content (AvgIpc) is 2.96. The second-order valence-electron chi connectivity index (χ2n) is 7.05. The largest absolute Gasteiger partial charge is 0.416 e. The Bertz CT molecular complexity index is 761. The van der Waals surface area contributed by atoms with Crippen molar-refractivity contribution in [1.82, 2.24) is 15.2 Å². The molecule has 1 aliphatic rings. The number of hydrogen-bond donors (Lipinski definition) is 1. The molecule has 1 atom stereocenters. The summed E-state index contributed by atoms with van der Waals surface area (Å²) in [7, 11) is 0. The number of alkyl halides is 3.